The maximum Gasteiger partial charge on any atom is 0.257 e. The van der Waals surface area contributed by atoms with E-state index in [9.17, 15) is 4.79 Å². The minimum absolute atomic E-state index is 0.196. The van der Waals surface area contributed by atoms with E-state index in [1.54, 1.807) is 0 Å². The van der Waals surface area contributed by atoms with Crippen LogP contribution in [0.25, 0.3) is 0 Å². The van der Waals surface area contributed by atoms with Crippen LogP contribution in [0.1, 0.15) is 23.2 Å². The summed E-state index contributed by atoms with van der Waals surface area (Å²) in [5, 5.41) is 6.39. The molecule has 0 bridgehead atoms. The van der Waals surface area contributed by atoms with Gasteiger partial charge >= 0.3 is 0 Å². The number of benzene rings is 2. The summed E-state index contributed by atoms with van der Waals surface area (Å²) in [7, 11) is 1.46. The molecule has 2 N–H and O–H groups in total. The van der Waals surface area contributed by atoms with Crippen molar-refractivity contribution in [2.75, 3.05) is 30.4 Å². The molecule has 1 heterocycles. The van der Waals surface area contributed by atoms with E-state index in [4.69, 9.17) is 40.2 Å². The van der Waals surface area contributed by atoms with Crippen LogP contribution < -0.4 is 20.3 Å². The lowest BCUT2D eigenvalue weighted by Crippen LogP contribution is -2.34. The molecule has 0 unspecified atom stereocenters. The fourth-order valence-electron chi connectivity index (χ4n) is 2.98. The van der Waals surface area contributed by atoms with E-state index >= 15 is 0 Å². The van der Waals surface area contributed by atoms with Crippen LogP contribution in [-0.4, -0.2) is 31.2 Å². The van der Waals surface area contributed by atoms with Crippen LogP contribution in [0.4, 0.5) is 11.4 Å². The smallest absolute Gasteiger partial charge is 0.257 e. The SMILES string of the molecule is COc1c(Cl)cc(C(=O)NC(=S)Nc2cccc(N3CCCC3)c2)cc1Cl. The molecule has 27 heavy (non-hydrogen) atoms. The van der Waals surface area contributed by atoms with Gasteiger partial charge in [0.2, 0.25) is 0 Å². The molecule has 1 aliphatic heterocycles. The Morgan fingerprint density at radius 1 is 1.15 bits per heavy atom. The van der Waals surface area contributed by atoms with Gasteiger partial charge in [0, 0.05) is 30.0 Å². The number of hydrogen-bond acceptors (Lipinski definition) is 4. The lowest BCUT2D eigenvalue weighted by atomic mass is 10.2. The lowest BCUT2D eigenvalue weighted by Gasteiger charge is -2.19. The van der Waals surface area contributed by atoms with Crippen molar-refractivity contribution in [2.45, 2.75) is 12.8 Å². The number of halogens is 2. The van der Waals surface area contributed by atoms with Gasteiger partial charge in [0.05, 0.1) is 17.2 Å². The first-order valence-corrected chi connectivity index (χ1v) is 9.64. The Bertz CT molecular complexity index is 847. The number of methoxy groups -OCH3 is 1. The van der Waals surface area contributed by atoms with E-state index in [0.29, 0.717) is 11.3 Å². The molecule has 0 atom stereocenters. The quantitative estimate of drug-likeness (QED) is 0.696. The molecule has 1 amide bonds. The first kappa shape index (κ1) is 19.7. The zero-order valence-corrected chi connectivity index (χ0v) is 17.0. The molecule has 0 spiro atoms. The van der Waals surface area contributed by atoms with Crippen molar-refractivity contribution in [1.29, 1.82) is 0 Å². The third-order valence-corrected chi connectivity index (χ3v) is 5.03. The highest BCUT2D eigenvalue weighted by Gasteiger charge is 2.15. The Kier molecular flexibility index (Phi) is 6.42. The van der Waals surface area contributed by atoms with Gasteiger partial charge in [-0.3, -0.25) is 10.1 Å². The monoisotopic (exact) mass is 423 g/mol. The maximum atomic E-state index is 12.4. The Hall–Kier alpha value is -2.02. The molecule has 1 saturated heterocycles. The van der Waals surface area contributed by atoms with Crippen LogP contribution in [0.3, 0.4) is 0 Å². The van der Waals surface area contributed by atoms with Crippen molar-refractivity contribution in [2.24, 2.45) is 0 Å². The standard InChI is InChI=1S/C19H19Cl2N3O2S/c1-26-17-15(20)9-12(10-16(17)21)18(25)23-19(27)22-13-5-4-6-14(11-13)24-7-2-3-8-24/h4-6,9-11H,2-3,7-8H2,1H3,(H2,22,23,25,27). The van der Waals surface area contributed by atoms with Crippen molar-refractivity contribution in [3.8, 4) is 5.75 Å². The fourth-order valence-corrected chi connectivity index (χ4v) is 3.83. The maximum absolute atomic E-state index is 12.4. The van der Waals surface area contributed by atoms with E-state index in [-0.39, 0.29) is 15.2 Å². The second-order valence-corrected chi connectivity index (χ2v) is 7.35. The van der Waals surface area contributed by atoms with Gasteiger partial charge in [-0.25, -0.2) is 0 Å². The molecule has 2 aromatic rings. The minimum Gasteiger partial charge on any atom is -0.494 e. The van der Waals surface area contributed by atoms with E-state index in [1.807, 2.05) is 18.2 Å². The first-order valence-electron chi connectivity index (χ1n) is 8.48. The average molecular weight is 424 g/mol. The van der Waals surface area contributed by atoms with E-state index in [2.05, 4.69) is 21.6 Å². The first-order chi connectivity index (χ1) is 13.0. The van der Waals surface area contributed by atoms with Crippen LogP contribution in [0.15, 0.2) is 36.4 Å². The summed E-state index contributed by atoms with van der Waals surface area (Å²) in [5.41, 5.74) is 2.25. The van der Waals surface area contributed by atoms with Gasteiger partial charge in [-0.1, -0.05) is 29.3 Å². The molecular weight excluding hydrogens is 405 g/mol. The Morgan fingerprint density at radius 3 is 2.44 bits per heavy atom. The number of thiocarbonyl (C=S) groups is 1. The lowest BCUT2D eigenvalue weighted by molar-refractivity contribution is 0.0977. The summed E-state index contributed by atoms with van der Waals surface area (Å²) < 4.78 is 5.09. The zero-order chi connectivity index (χ0) is 19.4. The van der Waals surface area contributed by atoms with Crippen molar-refractivity contribution in [3.63, 3.8) is 0 Å². The highest BCUT2D eigenvalue weighted by Crippen LogP contribution is 2.33. The summed E-state index contributed by atoms with van der Waals surface area (Å²) in [4.78, 5) is 14.7. The molecule has 142 valence electrons. The Morgan fingerprint density at radius 2 is 1.81 bits per heavy atom. The zero-order valence-electron chi connectivity index (χ0n) is 14.7. The van der Waals surface area contributed by atoms with Gasteiger partial charge in [-0.2, -0.15) is 0 Å². The molecule has 2 aromatic carbocycles. The van der Waals surface area contributed by atoms with Gasteiger partial charge < -0.3 is 15.0 Å². The summed E-state index contributed by atoms with van der Waals surface area (Å²) in [6, 6.07) is 10.9. The number of nitrogens with zero attached hydrogens (tertiary/aromatic N) is 1. The fraction of sp³-hybridized carbons (Fsp3) is 0.263. The molecule has 1 aliphatic rings. The van der Waals surface area contributed by atoms with Crippen molar-refractivity contribution in [1.82, 2.24) is 5.32 Å². The number of hydrogen-bond donors (Lipinski definition) is 2. The second kappa shape index (κ2) is 8.78. The van der Waals surface area contributed by atoms with E-state index < -0.39 is 5.91 Å². The number of anilines is 2. The third kappa shape index (κ3) is 4.83. The molecular formula is C19H19Cl2N3O2S. The van der Waals surface area contributed by atoms with Gasteiger partial charge in [0.25, 0.3) is 5.91 Å². The molecule has 0 saturated carbocycles. The number of carbonyl (C=O) groups is 1. The molecule has 5 nitrogen and oxygen atoms in total. The molecule has 0 aromatic heterocycles. The highest BCUT2D eigenvalue weighted by atomic mass is 35.5. The van der Waals surface area contributed by atoms with Crippen molar-refractivity contribution >= 4 is 57.8 Å². The van der Waals surface area contributed by atoms with Crippen LogP contribution in [0.5, 0.6) is 5.75 Å². The molecule has 3 rings (SSSR count). The largest absolute Gasteiger partial charge is 0.494 e. The van der Waals surface area contributed by atoms with Crippen LogP contribution in [0.2, 0.25) is 10.0 Å². The van der Waals surface area contributed by atoms with Gasteiger partial charge in [0.1, 0.15) is 0 Å². The number of amides is 1. The summed E-state index contributed by atoms with van der Waals surface area (Å²) in [6.45, 7) is 2.12. The number of nitrogens with one attached hydrogen (secondary N) is 2. The molecule has 8 heteroatoms. The second-order valence-electron chi connectivity index (χ2n) is 6.13. The highest BCUT2D eigenvalue weighted by molar-refractivity contribution is 7.80. The van der Waals surface area contributed by atoms with E-state index in [0.717, 1.165) is 24.5 Å². The summed E-state index contributed by atoms with van der Waals surface area (Å²) >= 11 is 17.4. The molecule has 1 fully saturated rings. The summed E-state index contributed by atoms with van der Waals surface area (Å²) in [5.74, 6) is -0.0797. The van der Waals surface area contributed by atoms with Crippen molar-refractivity contribution in [3.05, 3.63) is 52.0 Å². The van der Waals surface area contributed by atoms with Crippen molar-refractivity contribution < 1.29 is 9.53 Å². The predicted molar refractivity (Wildman–Crippen MR) is 115 cm³/mol. The minimum atomic E-state index is -0.408. The van der Waals surface area contributed by atoms with Crippen LogP contribution in [0, 0.1) is 0 Å². The van der Waals surface area contributed by atoms with Crippen LogP contribution >= 0.6 is 35.4 Å². The average Bonchev–Trinajstić information content (AvgIpc) is 3.16. The van der Waals surface area contributed by atoms with Gasteiger partial charge in [-0.15, -0.1) is 0 Å². The summed E-state index contributed by atoms with van der Waals surface area (Å²) in [6.07, 6.45) is 2.41. The number of ether oxygens (including phenoxy) is 1. The molecule has 0 aliphatic carbocycles. The topological polar surface area (TPSA) is 53.6 Å². The normalized spacial score (nSPS) is 13.4. The van der Waals surface area contributed by atoms with Gasteiger partial charge in [0.15, 0.2) is 10.9 Å². The third-order valence-electron chi connectivity index (χ3n) is 4.27. The van der Waals surface area contributed by atoms with Gasteiger partial charge in [-0.05, 0) is 55.4 Å². The molecule has 0 radical (unpaired) electrons. The Balaban J connectivity index is 1.65. The van der Waals surface area contributed by atoms with Crippen LogP contribution in [-0.2, 0) is 0 Å². The predicted octanol–water partition coefficient (Wildman–Crippen LogP) is 4.73. The number of carbonyl (C=O) groups excluding carboxylic acids is 1. The Labute approximate surface area is 173 Å². The number of rotatable bonds is 4. The van der Waals surface area contributed by atoms with E-state index in [1.165, 1.54) is 32.1 Å².